The van der Waals surface area contributed by atoms with Crippen LogP contribution in [0.15, 0.2) is 45.3 Å². The van der Waals surface area contributed by atoms with Crippen LogP contribution in [-0.2, 0) is 0 Å². The van der Waals surface area contributed by atoms with Gasteiger partial charge in [-0.1, -0.05) is 15.9 Å². The van der Waals surface area contributed by atoms with Gasteiger partial charge in [0.25, 0.3) is 0 Å². The van der Waals surface area contributed by atoms with Crippen molar-refractivity contribution in [2.75, 3.05) is 7.11 Å². The Labute approximate surface area is 134 Å². The molecule has 0 spiro atoms. The molecule has 20 heavy (non-hydrogen) atoms. The van der Waals surface area contributed by atoms with E-state index < -0.39 is 5.97 Å². The molecule has 0 atom stereocenters. The lowest BCUT2D eigenvalue weighted by Gasteiger charge is -2.10. The van der Waals surface area contributed by atoms with Crippen LogP contribution in [-0.4, -0.2) is 13.1 Å². The summed E-state index contributed by atoms with van der Waals surface area (Å²) in [4.78, 5) is 12.1. The van der Waals surface area contributed by atoms with Crippen LogP contribution < -0.4 is 9.47 Å². The second-order valence-corrected chi connectivity index (χ2v) is 5.92. The lowest BCUT2D eigenvalue weighted by molar-refractivity contribution is 0.0732. The monoisotopic (exact) mass is 398 g/mol. The summed E-state index contributed by atoms with van der Waals surface area (Å²) in [5.41, 5.74) is 1.34. The molecule has 0 aromatic heterocycles. The van der Waals surface area contributed by atoms with Crippen molar-refractivity contribution in [3.63, 3.8) is 0 Å². The number of hydrogen-bond donors (Lipinski definition) is 0. The fraction of sp³-hybridized carbons (Fsp3) is 0.133. The van der Waals surface area contributed by atoms with Crippen molar-refractivity contribution in [3.8, 4) is 11.5 Å². The van der Waals surface area contributed by atoms with E-state index in [1.807, 2.05) is 19.1 Å². The van der Waals surface area contributed by atoms with Crippen molar-refractivity contribution < 1.29 is 14.3 Å². The van der Waals surface area contributed by atoms with E-state index in [9.17, 15) is 4.79 Å². The zero-order valence-electron chi connectivity index (χ0n) is 10.9. The molecule has 3 nitrogen and oxygen atoms in total. The van der Waals surface area contributed by atoms with Gasteiger partial charge in [-0.2, -0.15) is 0 Å². The SMILES string of the molecule is COc1ccc(C(=O)Oc2c(C)cc(Br)cc2Br)cc1. The third-order valence-electron chi connectivity index (χ3n) is 2.71. The Bertz CT molecular complexity index is 613. The van der Waals surface area contributed by atoms with Crippen molar-refractivity contribution >= 4 is 37.8 Å². The van der Waals surface area contributed by atoms with Gasteiger partial charge in [-0.25, -0.2) is 4.79 Å². The van der Waals surface area contributed by atoms with Crippen molar-refractivity contribution in [1.82, 2.24) is 0 Å². The fourth-order valence-electron chi connectivity index (χ4n) is 1.70. The van der Waals surface area contributed by atoms with E-state index in [0.717, 1.165) is 14.5 Å². The van der Waals surface area contributed by atoms with E-state index in [0.29, 0.717) is 17.1 Å². The summed E-state index contributed by atoms with van der Waals surface area (Å²) in [6.45, 7) is 1.88. The Morgan fingerprint density at radius 3 is 2.30 bits per heavy atom. The van der Waals surface area contributed by atoms with E-state index in [1.54, 1.807) is 31.4 Å². The molecule has 0 radical (unpaired) electrons. The molecule has 0 N–H and O–H groups in total. The summed E-state index contributed by atoms with van der Waals surface area (Å²) in [5.74, 6) is 0.815. The molecule has 0 fully saturated rings. The Morgan fingerprint density at radius 1 is 1.10 bits per heavy atom. The number of esters is 1. The molecule has 2 aromatic carbocycles. The minimum atomic E-state index is -0.404. The minimum Gasteiger partial charge on any atom is -0.497 e. The quantitative estimate of drug-likeness (QED) is 0.551. The van der Waals surface area contributed by atoms with Gasteiger partial charge < -0.3 is 9.47 Å². The third-order valence-corrected chi connectivity index (χ3v) is 3.76. The predicted octanol–water partition coefficient (Wildman–Crippen LogP) is 4.75. The van der Waals surface area contributed by atoms with Gasteiger partial charge in [0.1, 0.15) is 11.5 Å². The van der Waals surface area contributed by atoms with Gasteiger partial charge in [0, 0.05) is 4.47 Å². The molecule has 2 rings (SSSR count). The molecule has 0 aliphatic heterocycles. The predicted molar refractivity (Wildman–Crippen MR) is 84.5 cm³/mol. The van der Waals surface area contributed by atoms with Crippen LogP contribution in [0, 0.1) is 6.92 Å². The fourth-order valence-corrected chi connectivity index (χ4v) is 3.22. The first-order chi connectivity index (χ1) is 9.51. The number of halogens is 2. The van der Waals surface area contributed by atoms with Gasteiger partial charge in [0.05, 0.1) is 17.1 Å². The topological polar surface area (TPSA) is 35.5 Å². The molecule has 0 bridgehead atoms. The van der Waals surface area contributed by atoms with Crippen LogP contribution in [0.1, 0.15) is 15.9 Å². The number of ether oxygens (including phenoxy) is 2. The number of hydrogen-bond acceptors (Lipinski definition) is 3. The molecular weight excluding hydrogens is 388 g/mol. The molecular formula is C15H12Br2O3. The molecule has 104 valence electrons. The van der Waals surface area contributed by atoms with Crippen molar-refractivity contribution in [1.29, 1.82) is 0 Å². The molecule has 0 aliphatic carbocycles. The van der Waals surface area contributed by atoms with Crippen molar-refractivity contribution in [2.45, 2.75) is 6.92 Å². The largest absolute Gasteiger partial charge is 0.497 e. The maximum Gasteiger partial charge on any atom is 0.343 e. The van der Waals surface area contributed by atoms with Crippen LogP contribution in [0.2, 0.25) is 0 Å². The number of carbonyl (C=O) groups excluding carboxylic acids is 1. The summed E-state index contributed by atoms with van der Waals surface area (Å²) < 4.78 is 12.1. The Kier molecular flexibility index (Phi) is 4.83. The zero-order chi connectivity index (χ0) is 14.7. The second-order valence-electron chi connectivity index (χ2n) is 4.15. The number of aryl methyl sites for hydroxylation is 1. The highest BCUT2D eigenvalue weighted by molar-refractivity contribution is 9.11. The Hall–Kier alpha value is -1.33. The zero-order valence-corrected chi connectivity index (χ0v) is 14.1. The van der Waals surface area contributed by atoms with E-state index in [2.05, 4.69) is 31.9 Å². The maximum absolute atomic E-state index is 12.1. The third kappa shape index (κ3) is 3.41. The summed E-state index contributed by atoms with van der Waals surface area (Å²) in [6, 6.07) is 10.5. The summed E-state index contributed by atoms with van der Waals surface area (Å²) in [6.07, 6.45) is 0. The van der Waals surface area contributed by atoms with Gasteiger partial charge in [-0.15, -0.1) is 0 Å². The van der Waals surface area contributed by atoms with Gasteiger partial charge >= 0.3 is 5.97 Å². The maximum atomic E-state index is 12.1. The number of carbonyl (C=O) groups is 1. The molecule has 0 aliphatic rings. The number of benzene rings is 2. The molecule has 0 amide bonds. The first-order valence-corrected chi connectivity index (χ1v) is 7.41. The van der Waals surface area contributed by atoms with Crippen LogP contribution >= 0.6 is 31.9 Å². The average molecular weight is 400 g/mol. The minimum absolute atomic E-state index is 0.404. The van der Waals surface area contributed by atoms with Crippen LogP contribution in [0.4, 0.5) is 0 Å². The first kappa shape index (κ1) is 15.1. The van der Waals surface area contributed by atoms with Crippen molar-refractivity contribution in [2.24, 2.45) is 0 Å². The molecule has 5 heteroatoms. The highest BCUT2D eigenvalue weighted by Crippen LogP contribution is 2.32. The molecule has 0 unspecified atom stereocenters. The van der Waals surface area contributed by atoms with Gasteiger partial charge in [-0.05, 0) is 64.8 Å². The highest BCUT2D eigenvalue weighted by Gasteiger charge is 2.13. The highest BCUT2D eigenvalue weighted by atomic mass is 79.9. The van der Waals surface area contributed by atoms with E-state index >= 15 is 0 Å². The van der Waals surface area contributed by atoms with Gasteiger partial charge in [0.15, 0.2) is 0 Å². The van der Waals surface area contributed by atoms with Gasteiger partial charge in [0.2, 0.25) is 0 Å². The molecule has 2 aromatic rings. The molecule has 0 saturated carbocycles. The van der Waals surface area contributed by atoms with E-state index in [-0.39, 0.29) is 0 Å². The number of rotatable bonds is 3. The summed E-state index contributed by atoms with van der Waals surface area (Å²) in [5, 5.41) is 0. The van der Waals surface area contributed by atoms with Gasteiger partial charge in [-0.3, -0.25) is 0 Å². The average Bonchev–Trinajstić information content (AvgIpc) is 2.42. The number of methoxy groups -OCH3 is 1. The Balaban J connectivity index is 2.23. The second kappa shape index (κ2) is 6.41. The normalized spacial score (nSPS) is 10.2. The lowest BCUT2D eigenvalue weighted by atomic mass is 10.2. The van der Waals surface area contributed by atoms with Crippen LogP contribution in [0.5, 0.6) is 11.5 Å². The summed E-state index contributed by atoms with van der Waals surface area (Å²) >= 11 is 6.78. The smallest absolute Gasteiger partial charge is 0.343 e. The summed E-state index contributed by atoms with van der Waals surface area (Å²) in [7, 11) is 1.58. The van der Waals surface area contributed by atoms with E-state index in [1.165, 1.54) is 0 Å². The molecule has 0 heterocycles. The standard InChI is InChI=1S/C15H12Br2O3/c1-9-7-11(16)8-13(17)14(9)20-15(18)10-3-5-12(19-2)6-4-10/h3-8H,1-2H3. The van der Waals surface area contributed by atoms with Crippen LogP contribution in [0.3, 0.4) is 0 Å². The first-order valence-electron chi connectivity index (χ1n) is 5.83. The lowest BCUT2D eigenvalue weighted by Crippen LogP contribution is -2.09. The molecule has 0 saturated heterocycles. The van der Waals surface area contributed by atoms with Crippen LogP contribution in [0.25, 0.3) is 0 Å². The Morgan fingerprint density at radius 2 is 1.75 bits per heavy atom. The van der Waals surface area contributed by atoms with Crippen molar-refractivity contribution in [3.05, 3.63) is 56.5 Å². The van der Waals surface area contributed by atoms with E-state index in [4.69, 9.17) is 9.47 Å².